The fourth-order valence-corrected chi connectivity index (χ4v) is 4.64. The summed E-state index contributed by atoms with van der Waals surface area (Å²) in [6.45, 7) is 11.4. The molecule has 102 valence electrons. The van der Waals surface area contributed by atoms with Gasteiger partial charge in [-0.15, -0.1) is 0 Å². The van der Waals surface area contributed by atoms with Crippen molar-refractivity contribution in [2.45, 2.75) is 66.7 Å². The average molecular weight is 266 g/mol. The maximum Gasteiger partial charge on any atom is 0.169 e. The third-order valence-corrected chi connectivity index (χ3v) is 7.06. The lowest BCUT2D eigenvalue weighted by Crippen LogP contribution is -2.27. The monoisotopic (exact) mass is 265 g/mol. The molecule has 1 N–H and O–H groups in total. The zero-order chi connectivity index (χ0) is 10.9. The van der Waals surface area contributed by atoms with E-state index >= 15 is 0 Å². The third kappa shape index (κ3) is 19.9. The van der Waals surface area contributed by atoms with Gasteiger partial charge in [0.25, 0.3) is 0 Å². The molecule has 0 saturated heterocycles. The van der Waals surface area contributed by atoms with Crippen molar-refractivity contribution in [3.63, 3.8) is 0 Å². The van der Waals surface area contributed by atoms with Gasteiger partial charge in [-0.05, 0) is 51.6 Å². The molecule has 0 rings (SSSR count). The van der Waals surface area contributed by atoms with E-state index in [1.54, 1.807) is 0 Å². The van der Waals surface area contributed by atoms with Gasteiger partial charge in [0.15, 0.2) is 8.32 Å². The quantitative estimate of drug-likeness (QED) is 0.510. The second-order valence-corrected chi connectivity index (χ2v) is 11.3. The second kappa shape index (κ2) is 13.4. The fourth-order valence-electron chi connectivity index (χ4n) is 1.16. The molecule has 0 saturated carbocycles. The SMILES string of the molecule is C.C.CCCCNCCC[SiH2]O[Si](C)(C)C. The molecule has 0 fully saturated rings. The van der Waals surface area contributed by atoms with Gasteiger partial charge in [0.2, 0.25) is 0 Å². The first-order valence-electron chi connectivity index (χ1n) is 5.91. The highest BCUT2D eigenvalue weighted by atomic mass is 28.4. The number of hydrogen-bond acceptors (Lipinski definition) is 2. The van der Waals surface area contributed by atoms with Crippen molar-refractivity contribution in [2.75, 3.05) is 13.1 Å². The molecule has 0 aromatic carbocycles. The lowest BCUT2D eigenvalue weighted by molar-refractivity contribution is 0.581. The molecule has 0 spiro atoms. The molecule has 16 heavy (non-hydrogen) atoms. The minimum Gasteiger partial charge on any atom is -0.461 e. The van der Waals surface area contributed by atoms with E-state index in [0.29, 0.717) is 0 Å². The Hall–Kier alpha value is 0.354. The number of nitrogens with one attached hydrogen (secondary N) is 1. The molecule has 0 radical (unpaired) electrons. The Morgan fingerprint density at radius 3 is 2.12 bits per heavy atom. The topological polar surface area (TPSA) is 21.3 Å². The van der Waals surface area contributed by atoms with E-state index in [1.165, 1.54) is 38.4 Å². The smallest absolute Gasteiger partial charge is 0.169 e. The summed E-state index contributed by atoms with van der Waals surface area (Å²) < 4.78 is 5.91. The second-order valence-electron chi connectivity index (χ2n) is 4.77. The molecule has 2 nitrogen and oxygen atoms in total. The van der Waals surface area contributed by atoms with Crippen LogP contribution in [0, 0.1) is 0 Å². The molecule has 0 amide bonds. The fraction of sp³-hybridized carbons (Fsp3) is 1.00. The standard InChI is InChI=1S/C10H27NOSi2.2CH4/c1-5-6-8-11-9-7-10-13-12-14(2,3)4;;/h11H,5-10,13H2,1-4H3;2*1H4. The molecular weight excluding hydrogens is 230 g/mol. The van der Waals surface area contributed by atoms with Crippen LogP contribution in [0.25, 0.3) is 0 Å². The van der Waals surface area contributed by atoms with Crippen molar-refractivity contribution in [1.82, 2.24) is 5.32 Å². The summed E-state index contributed by atoms with van der Waals surface area (Å²) in [5, 5.41) is 3.46. The number of hydrogen-bond donors (Lipinski definition) is 1. The zero-order valence-electron chi connectivity index (χ0n) is 10.4. The summed E-state index contributed by atoms with van der Waals surface area (Å²) in [6.07, 6.45) is 3.91. The van der Waals surface area contributed by atoms with Crippen LogP contribution in [0.1, 0.15) is 41.0 Å². The van der Waals surface area contributed by atoms with Crippen LogP contribution < -0.4 is 5.32 Å². The summed E-state index contributed by atoms with van der Waals surface area (Å²) in [4.78, 5) is 0. The molecule has 0 aliphatic carbocycles. The highest BCUT2D eigenvalue weighted by Gasteiger charge is 2.12. The molecule has 0 aromatic heterocycles. The van der Waals surface area contributed by atoms with Crippen LogP contribution in [-0.2, 0) is 4.12 Å². The van der Waals surface area contributed by atoms with Crippen molar-refractivity contribution in [2.24, 2.45) is 0 Å². The first-order valence-corrected chi connectivity index (χ1v) is 10.9. The molecule has 0 aliphatic heterocycles. The summed E-state index contributed by atoms with van der Waals surface area (Å²) in [6, 6.07) is 1.34. The Kier molecular flexibility index (Phi) is 18.1. The summed E-state index contributed by atoms with van der Waals surface area (Å²) in [7, 11) is -1.41. The lowest BCUT2D eigenvalue weighted by atomic mass is 10.3. The van der Waals surface area contributed by atoms with E-state index in [0.717, 1.165) is 0 Å². The van der Waals surface area contributed by atoms with Crippen molar-refractivity contribution in [1.29, 1.82) is 0 Å². The maximum absolute atomic E-state index is 5.91. The number of unbranched alkanes of at least 4 members (excludes halogenated alkanes) is 1. The van der Waals surface area contributed by atoms with Gasteiger partial charge in [-0.25, -0.2) is 0 Å². The lowest BCUT2D eigenvalue weighted by Gasteiger charge is -2.17. The first kappa shape index (κ1) is 21.6. The van der Waals surface area contributed by atoms with E-state index in [-0.39, 0.29) is 24.6 Å². The van der Waals surface area contributed by atoms with Crippen molar-refractivity contribution in [3.05, 3.63) is 0 Å². The zero-order valence-corrected chi connectivity index (χ0v) is 12.8. The minimum absolute atomic E-state index is 0. The van der Waals surface area contributed by atoms with Gasteiger partial charge < -0.3 is 9.43 Å². The van der Waals surface area contributed by atoms with Crippen LogP contribution in [-0.4, -0.2) is 31.2 Å². The van der Waals surface area contributed by atoms with Gasteiger partial charge in [-0.2, -0.15) is 0 Å². The molecule has 0 aliphatic rings. The minimum atomic E-state index is -1.20. The molecule has 4 heteroatoms. The van der Waals surface area contributed by atoms with Crippen molar-refractivity contribution >= 4 is 18.1 Å². The van der Waals surface area contributed by atoms with Gasteiger partial charge in [0.05, 0.1) is 0 Å². The van der Waals surface area contributed by atoms with Crippen LogP contribution in [0.2, 0.25) is 25.7 Å². The van der Waals surface area contributed by atoms with E-state index in [2.05, 4.69) is 31.9 Å². The van der Waals surface area contributed by atoms with E-state index in [4.69, 9.17) is 4.12 Å². The summed E-state index contributed by atoms with van der Waals surface area (Å²) >= 11 is 0. The van der Waals surface area contributed by atoms with Crippen LogP contribution in [0.15, 0.2) is 0 Å². The predicted octanol–water partition coefficient (Wildman–Crippen LogP) is 3.39. The highest BCUT2D eigenvalue weighted by molar-refractivity contribution is 6.73. The highest BCUT2D eigenvalue weighted by Crippen LogP contribution is 2.02. The summed E-state index contributed by atoms with van der Waals surface area (Å²) in [5.74, 6) is 0. The van der Waals surface area contributed by atoms with Gasteiger partial charge in [0, 0.05) is 0 Å². The van der Waals surface area contributed by atoms with Crippen LogP contribution >= 0.6 is 0 Å². The van der Waals surface area contributed by atoms with E-state index in [9.17, 15) is 0 Å². The van der Waals surface area contributed by atoms with Crippen molar-refractivity contribution in [3.8, 4) is 0 Å². The van der Waals surface area contributed by atoms with Crippen LogP contribution in [0.3, 0.4) is 0 Å². The Labute approximate surface area is 108 Å². The van der Waals surface area contributed by atoms with Gasteiger partial charge >= 0.3 is 0 Å². The normalized spacial score (nSPS) is 11.2. The molecular formula is C12H35NOSi2. The predicted molar refractivity (Wildman–Crippen MR) is 83.6 cm³/mol. The Morgan fingerprint density at radius 2 is 1.62 bits per heavy atom. The molecule has 0 bridgehead atoms. The third-order valence-electron chi connectivity index (χ3n) is 1.99. The Morgan fingerprint density at radius 1 is 1.06 bits per heavy atom. The first-order chi connectivity index (χ1) is 6.56. The largest absolute Gasteiger partial charge is 0.461 e. The van der Waals surface area contributed by atoms with Gasteiger partial charge in [-0.3, -0.25) is 0 Å². The Balaban J connectivity index is -0.000000845. The van der Waals surface area contributed by atoms with E-state index in [1.807, 2.05) is 0 Å². The van der Waals surface area contributed by atoms with Crippen molar-refractivity contribution < 1.29 is 4.12 Å². The molecule has 0 heterocycles. The maximum atomic E-state index is 5.91. The molecule has 0 aromatic rings. The van der Waals surface area contributed by atoms with Gasteiger partial charge in [0.1, 0.15) is 9.76 Å². The van der Waals surface area contributed by atoms with Crippen LogP contribution in [0.4, 0.5) is 0 Å². The molecule has 0 atom stereocenters. The number of rotatable bonds is 9. The van der Waals surface area contributed by atoms with E-state index < -0.39 is 8.32 Å². The average Bonchev–Trinajstić information content (AvgIpc) is 2.08. The molecule has 0 unspecified atom stereocenters. The summed E-state index contributed by atoms with van der Waals surface area (Å²) in [5.41, 5.74) is 0. The Bertz CT molecular complexity index is 127. The van der Waals surface area contributed by atoms with Gasteiger partial charge in [-0.1, -0.05) is 28.2 Å². The van der Waals surface area contributed by atoms with Crippen LogP contribution in [0.5, 0.6) is 0 Å².